The van der Waals surface area contributed by atoms with E-state index in [1.54, 1.807) is 0 Å². The summed E-state index contributed by atoms with van der Waals surface area (Å²) in [6.45, 7) is 2.52. The van der Waals surface area contributed by atoms with E-state index in [0.29, 0.717) is 6.54 Å². The van der Waals surface area contributed by atoms with Crippen LogP contribution in [0.1, 0.15) is 32.6 Å². The fourth-order valence-corrected chi connectivity index (χ4v) is 2.69. The van der Waals surface area contributed by atoms with Crippen molar-refractivity contribution >= 4 is 27.4 Å². The van der Waals surface area contributed by atoms with E-state index >= 15 is 0 Å². The largest absolute Gasteiger partial charge is 0.382 e. The van der Waals surface area contributed by atoms with Gasteiger partial charge in [-0.3, -0.25) is 0 Å². The van der Waals surface area contributed by atoms with E-state index in [0.717, 1.165) is 25.7 Å². The molecular formula is C11H18ClN3O2S. The number of sulfonamides is 1. The van der Waals surface area contributed by atoms with E-state index in [1.165, 1.54) is 12.3 Å². The molecule has 0 saturated heterocycles. The Balaban J connectivity index is 2.60. The molecular weight excluding hydrogens is 274 g/mol. The first-order chi connectivity index (χ1) is 8.47. The van der Waals surface area contributed by atoms with Gasteiger partial charge in [-0.1, -0.05) is 37.8 Å². The van der Waals surface area contributed by atoms with Gasteiger partial charge in [0.2, 0.25) is 10.0 Å². The van der Waals surface area contributed by atoms with Gasteiger partial charge in [-0.05, 0) is 12.5 Å². The lowest BCUT2D eigenvalue weighted by Gasteiger charge is -2.07. The van der Waals surface area contributed by atoms with Crippen LogP contribution in [0.2, 0.25) is 5.02 Å². The van der Waals surface area contributed by atoms with Crippen LogP contribution in [0.15, 0.2) is 17.2 Å². The molecule has 0 aliphatic rings. The van der Waals surface area contributed by atoms with Crippen LogP contribution in [0.25, 0.3) is 0 Å². The third kappa shape index (κ3) is 4.44. The van der Waals surface area contributed by atoms with Crippen LogP contribution in [0, 0.1) is 0 Å². The molecule has 0 spiro atoms. The maximum absolute atomic E-state index is 11.9. The van der Waals surface area contributed by atoms with Crippen molar-refractivity contribution in [2.75, 3.05) is 12.3 Å². The van der Waals surface area contributed by atoms with Gasteiger partial charge in [0.15, 0.2) is 0 Å². The standard InChI is InChI=1S/C11H18ClN3O2S/c1-2-3-4-5-6-15-18(16,17)9-7-10(12)11(13)14-8-9/h7-8,15H,2-6H2,1H3,(H2,13,14). The molecule has 0 amide bonds. The fraction of sp³-hybridized carbons (Fsp3) is 0.545. The van der Waals surface area contributed by atoms with Gasteiger partial charge in [0.1, 0.15) is 10.7 Å². The van der Waals surface area contributed by atoms with Gasteiger partial charge in [-0.25, -0.2) is 18.1 Å². The van der Waals surface area contributed by atoms with E-state index in [4.69, 9.17) is 17.3 Å². The molecule has 0 aliphatic heterocycles. The number of anilines is 1. The highest BCUT2D eigenvalue weighted by atomic mass is 35.5. The second kappa shape index (κ2) is 6.92. The average Bonchev–Trinajstić information content (AvgIpc) is 2.32. The molecule has 0 aromatic carbocycles. The van der Waals surface area contributed by atoms with E-state index < -0.39 is 10.0 Å². The number of pyridine rings is 1. The molecule has 3 N–H and O–H groups in total. The van der Waals surface area contributed by atoms with Gasteiger partial charge in [-0.2, -0.15) is 0 Å². The molecule has 1 aromatic heterocycles. The highest BCUT2D eigenvalue weighted by molar-refractivity contribution is 7.89. The number of hydrogen-bond donors (Lipinski definition) is 2. The minimum atomic E-state index is -3.54. The molecule has 1 rings (SSSR count). The van der Waals surface area contributed by atoms with E-state index in [2.05, 4.69) is 16.6 Å². The molecule has 18 heavy (non-hydrogen) atoms. The summed E-state index contributed by atoms with van der Waals surface area (Å²) in [5, 5.41) is 0.142. The predicted octanol–water partition coefficient (Wildman–Crippen LogP) is 2.18. The molecule has 0 radical (unpaired) electrons. The molecule has 7 heteroatoms. The van der Waals surface area contributed by atoms with Crippen molar-refractivity contribution in [3.8, 4) is 0 Å². The van der Waals surface area contributed by atoms with Crippen LogP contribution < -0.4 is 10.5 Å². The van der Waals surface area contributed by atoms with Crippen molar-refractivity contribution in [3.05, 3.63) is 17.3 Å². The normalized spacial score (nSPS) is 11.7. The second-order valence-corrected chi connectivity index (χ2v) is 6.17. The van der Waals surface area contributed by atoms with Gasteiger partial charge in [0.25, 0.3) is 0 Å². The molecule has 0 atom stereocenters. The predicted molar refractivity (Wildman–Crippen MR) is 73.0 cm³/mol. The van der Waals surface area contributed by atoms with E-state index in [1.807, 2.05) is 0 Å². The summed E-state index contributed by atoms with van der Waals surface area (Å²) >= 11 is 5.74. The highest BCUT2D eigenvalue weighted by Gasteiger charge is 2.15. The summed E-state index contributed by atoms with van der Waals surface area (Å²) in [6, 6.07) is 1.30. The Morgan fingerprint density at radius 2 is 2.11 bits per heavy atom. The zero-order valence-electron chi connectivity index (χ0n) is 10.3. The Kier molecular flexibility index (Phi) is 5.84. The number of hydrogen-bond acceptors (Lipinski definition) is 4. The Bertz CT molecular complexity index is 491. The second-order valence-electron chi connectivity index (χ2n) is 4.00. The SMILES string of the molecule is CCCCCCNS(=O)(=O)c1cnc(N)c(Cl)c1. The Labute approximate surface area is 113 Å². The first kappa shape index (κ1) is 15.2. The molecule has 0 unspecified atom stereocenters. The molecule has 0 fully saturated rings. The maximum Gasteiger partial charge on any atom is 0.242 e. The zero-order chi connectivity index (χ0) is 13.6. The van der Waals surface area contributed by atoms with Gasteiger partial charge in [-0.15, -0.1) is 0 Å². The van der Waals surface area contributed by atoms with Crippen LogP contribution >= 0.6 is 11.6 Å². The van der Waals surface area contributed by atoms with Crippen LogP contribution in [-0.2, 0) is 10.0 Å². The van der Waals surface area contributed by atoms with E-state index in [9.17, 15) is 8.42 Å². The van der Waals surface area contributed by atoms with Gasteiger partial charge in [0, 0.05) is 12.7 Å². The van der Waals surface area contributed by atoms with Crippen molar-refractivity contribution in [2.24, 2.45) is 0 Å². The average molecular weight is 292 g/mol. The summed E-state index contributed by atoms with van der Waals surface area (Å²) in [7, 11) is -3.54. The van der Waals surface area contributed by atoms with Crippen LogP contribution in [0.4, 0.5) is 5.82 Å². The van der Waals surface area contributed by atoms with Crippen LogP contribution in [0.5, 0.6) is 0 Å². The summed E-state index contributed by atoms with van der Waals surface area (Å²) < 4.78 is 26.3. The third-order valence-electron chi connectivity index (χ3n) is 2.48. The van der Waals surface area contributed by atoms with Gasteiger partial charge < -0.3 is 5.73 Å². The minimum Gasteiger partial charge on any atom is -0.382 e. The summed E-state index contributed by atoms with van der Waals surface area (Å²) in [5.74, 6) is 0.124. The lowest BCUT2D eigenvalue weighted by Crippen LogP contribution is -2.25. The van der Waals surface area contributed by atoms with Crippen LogP contribution in [-0.4, -0.2) is 19.9 Å². The molecule has 0 aliphatic carbocycles. The van der Waals surface area contributed by atoms with Crippen molar-refractivity contribution < 1.29 is 8.42 Å². The third-order valence-corrected chi connectivity index (χ3v) is 4.21. The number of nitrogen functional groups attached to an aromatic ring is 1. The highest BCUT2D eigenvalue weighted by Crippen LogP contribution is 2.19. The number of halogens is 1. The maximum atomic E-state index is 11.9. The lowest BCUT2D eigenvalue weighted by molar-refractivity contribution is 0.573. The van der Waals surface area contributed by atoms with Crippen molar-refractivity contribution in [2.45, 2.75) is 37.5 Å². The number of nitrogens with two attached hydrogens (primary N) is 1. The Morgan fingerprint density at radius 3 is 2.72 bits per heavy atom. The molecule has 0 bridgehead atoms. The Morgan fingerprint density at radius 1 is 1.39 bits per heavy atom. The van der Waals surface area contributed by atoms with Crippen molar-refractivity contribution in [3.63, 3.8) is 0 Å². The lowest BCUT2D eigenvalue weighted by atomic mass is 10.2. The zero-order valence-corrected chi connectivity index (χ0v) is 11.9. The Hall–Kier alpha value is -0.850. The van der Waals surface area contributed by atoms with Gasteiger partial charge in [0.05, 0.1) is 5.02 Å². The summed E-state index contributed by atoms with van der Waals surface area (Å²) in [4.78, 5) is 3.77. The topological polar surface area (TPSA) is 85.1 Å². The summed E-state index contributed by atoms with van der Waals surface area (Å²) in [5.41, 5.74) is 5.43. The molecule has 1 aromatic rings. The molecule has 0 saturated carbocycles. The number of nitrogens with one attached hydrogen (secondary N) is 1. The fourth-order valence-electron chi connectivity index (χ4n) is 1.42. The number of nitrogens with zero attached hydrogens (tertiary/aromatic N) is 1. The molecule has 1 heterocycles. The quantitative estimate of drug-likeness (QED) is 0.754. The molecule has 5 nitrogen and oxygen atoms in total. The van der Waals surface area contributed by atoms with Crippen LogP contribution in [0.3, 0.4) is 0 Å². The monoisotopic (exact) mass is 291 g/mol. The molecule has 102 valence electrons. The smallest absolute Gasteiger partial charge is 0.242 e. The minimum absolute atomic E-state index is 0.0391. The van der Waals surface area contributed by atoms with Gasteiger partial charge >= 0.3 is 0 Å². The van der Waals surface area contributed by atoms with E-state index in [-0.39, 0.29) is 15.7 Å². The number of unbranched alkanes of at least 4 members (excludes halogenated alkanes) is 3. The first-order valence-corrected chi connectivity index (χ1v) is 7.74. The van der Waals surface area contributed by atoms with Crippen molar-refractivity contribution in [1.82, 2.24) is 9.71 Å². The van der Waals surface area contributed by atoms with Crippen molar-refractivity contribution in [1.29, 1.82) is 0 Å². The number of aromatic nitrogens is 1. The first-order valence-electron chi connectivity index (χ1n) is 5.88. The number of rotatable bonds is 7. The summed E-state index contributed by atoms with van der Waals surface area (Å²) in [6.07, 6.45) is 5.26.